The summed E-state index contributed by atoms with van der Waals surface area (Å²) < 4.78 is 0. The van der Waals surface area contributed by atoms with Gasteiger partial charge in [-0.2, -0.15) is 0 Å². The Morgan fingerprint density at radius 2 is 2.20 bits per heavy atom. The van der Waals surface area contributed by atoms with Crippen molar-refractivity contribution in [1.29, 1.82) is 0 Å². The van der Waals surface area contributed by atoms with Crippen LogP contribution in [0.15, 0.2) is 5.20 Å². The van der Waals surface area contributed by atoms with E-state index < -0.39 is 0 Å². The molecule has 0 atom stereocenters. The molecule has 0 aromatic carbocycles. The first-order valence-electron chi connectivity index (χ1n) is 1.45. The smallest absolute Gasteiger partial charge is 0.117 e. The van der Waals surface area contributed by atoms with Crippen molar-refractivity contribution in [3.05, 3.63) is 5.20 Å². The molecule has 0 unspecified atom stereocenters. The van der Waals surface area contributed by atoms with Crippen LogP contribution < -0.4 is 0 Å². The van der Waals surface area contributed by atoms with E-state index in [2.05, 4.69) is 0 Å². The monoisotopic (exact) mass is 86.0 g/mol. The molecule has 1 nitrogen and oxygen atoms in total. The third-order valence-electron chi connectivity index (χ3n) is 0.204. The van der Waals surface area contributed by atoms with Gasteiger partial charge in [-0.05, 0) is 12.1 Å². The molecule has 0 bridgehead atoms. The van der Waals surface area contributed by atoms with Crippen LogP contribution in [-0.4, -0.2) is 16.2 Å². The lowest BCUT2D eigenvalue weighted by molar-refractivity contribution is 0.568. The Bertz CT molecular complexity index is 67.0. The third-order valence-corrected chi connectivity index (χ3v) is 0.408. The molecule has 0 aromatic rings. The van der Waals surface area contributed by atoms with Crippen molar-refractivity contribution in [3.8, 4) is 0 Å². The summed E-state index contributed by atoms with van der Waals surface area (Å²) in [5, 5.41) is 0.838. The molecule has 0 amide bonds. The summed E-state index contributed by atoms with van der Waals surface area (Å²) in [6, 6.07) is 0. The van der Waals surface area contributed by atoms with Crippen LogP contribution in [0.4, 0.5) is 0 Å². The van der Waals surface area contributed by atoms with Gasteiger partial charge in [0.1, 0.15) is 5.94 Å². The molecule has 0 aliphatic heterocycles. The van der Waals surface area contributed by atoms with E-state index in [0.717, 1.165) is 15.4 Å². The van der Waals surface area contributed by atoms with E-state index in [1.54, 1.807) is 12.9 Å². The van der Waals surface area contributed by atoms with Gasteiger partial charge in [0.25, 0.3) is 0 Å². The second-order valence-electron chi connectivity index (χ2n) is 1.10. The first kappa shape index (κ1) is 4.67. The highest BCUT2D eigenvalue weighted by molar-refractivity contribution is 6.25. The molecule has 2 heteroatoms. The van der Waals surface area contributed by atoms with Crippen LogP contribution in [0.25, 0.3) is 0 Å². The Hall–Kier alpha value is -0.333. The van der Waals surface area contributed by atoms with E-state index in [-0.39, 0.29) is 0 Å². The van der Waals surface area contributed by atoms with E-state index >= 15 is 0 Å². The molecule has 0 heterocycles. The maximum absolute atomic E-state index is 9.38. The number of rotatable bonds is 0. The van der Waals surface area contributed by atoms with Gasteiger partial charge >= 0.3 is 0 Å². The summed E-state index contributed by atoms with van der Waals surface area (Å²) in [6.07, 6.45) is 0. The predicted molar refractivity (Wildman–Crippen MR) is 24.8 cm³/mol. The van der Waals surface area contributed by atoms with Gasteiger partial charge in [0.05, 0.1) is 0 Å². The minimum Gasteiger partial charge on any atom is -0.234 e. The van der Waals surface area contributed by atoms with Gasteiger partial charge in [-0.1, -0.05) is 0 Å². The van der Waals surface area contributed by atoms with Crippen LogP contribution in [0.3, 0.4) is 0 Å². The molecule has 0 rings (SSSR count). The van der Waals surface area contributed by atoms with Gasteiger partial charge in [-0.15, -0.1) is 0 Å². The molecular weight excluding hydrogens is 80.1 g/mol. The third kappa shape index (κ3) is 3.67. The summed E-state index contributed by atoms with van der Waals surface area (Å²) in [4.78, 5) is 9.38. The van der Waals surface area contributed by atoms with Gasteiger partial charge in [0.15, 0.2) is 0 Å². The van der Waals surface area contributed by atoms with Crippen molar-refractivity contribution in [3.63, 3.8) is 0 Å². The largest absolute Gasteiger partial charge is 0.234 e. The molecule has 0 N–H and O–H groups in total. The van der Waals surface area contributed by atoms with Crippen LogP contribution in [0.5, 0.6) is 0 Å². The Morgan fingerprint density at radius 1 is 2.00 bits per heavy atom. The van der Waals surface area contributed by atoms with Crippen LogP contribution in [0.1, 0.15) is 6.92 Å². The lowest BCUT2D eigenvalue weighted by atomic mass is 10.7. The fourth-order valence-electron chi connectivity index (χ4n) is 0. The van der Waals surface area contributed by atoms with Crippen LogP contribution in [-0.2, 0) is 4.79 Å². The Kier molecular flexibility index (Phi) is 1.81. The average molecular weight is 86.2 g/mol. The topological polar surface area (TPSA) is 17.1 Å². The lowest BCUT2D eigenvalue weighted by Crippen LogP contribution is -1.66. The molecule has 0 radical (unpaired) electrons. The zero-order valence-corrected chi connectivity index (χ0v) is 5.41. The van der Waals surface area contributed by atoms with E-state index in [4.69, 9.17) is 0 Å². The fourth-order valence-corrected chi connectivity index (χ4v) is 0. The number of carbonyl (C=O) groups excluding carboxylic acids is 1. The first-order valence-corrected chi connectivity index (χ1v) is 2.45. The summed E-state index contributed by atoms with van der Waals surface area (Å²) in [5.74, 6) is 1.76. The molecule has 5 heavy (non-hydrogen) atoms. The molecule has 0 aromatic heterocycles. The molecule has 0 aliphatic rings. The quantitative estimate of drug-likeness (QED) is 0.275. The highest BCUT2D eigenvalue weighted by atomic mass is 28.1. The highest BCUT2D eigenvalue weighted by Crippen LogP contribution is 1.63. The standard InChI is InChI=1S/C3H6OSi/c1-3(5)2-4/h1,5H3. The van der Waals surface area contributed by atoms with E-state index in [1.165, 1.54) is 0 Å². The highest BCUT2D eigenvalue weighted by Gasteiger charge is 1.63. The molecule has 0 saturated heterocycles. The van der Waals surface area contributed by atoms with Gasteiger partial charge in [-0.25, -0.2) is 4.79 Å². The molecule has 0 fully saturated rings. The Balaban J connectivity index is 3.60. The minimum absolute atomic E-state index is 0.838. The lowest BCUT2D eigenvalue weighted by Gasteiger charge is -1.61. The second-order valence-corrected chi connectivity index (χ2v) is 2.60. The van der Waals surface area contributed by atoms with Crippen LogP contribution in [0.2, 0.25) is 0 Å². The molecule has 0 saturated carbocycles. The van der Waals surface area contributed by atoms with E-state index in [9.17, 15) is 4.79 Å². The maximum atomic E-state index is 9.38. The second kappa shape index (κ2) is 1.94. The van der Waals surface area contributed by atoms with Gasteiger partial charge in [-0.3, -0.25) is 0 Å². The first-order chi connectivity index (χ1) is 2.27. The SMILES string of the molecule is CC([SiH3])=C=O. The summed E-state index contributed by atoms with van der Waals surface area (Å²) in [5.41, 5.74) is 0. The minimum atomic E-state index is 0.838. The van der Waals surface area contributed by atoms with Crippen molar-refractivity contribution in [2.24, 2.45) is 0 Å². The molecule has 0 aliphatic carbocycles. The summed E-state index contributed by atoms with van der Waals surface area (Å²) in [6.45, 7) is 1.78. The Morgan fingerprint density at radius 3 is 2.20 bits per heavy atom. The van der Waals surface area contributed by atoms with Gasteiger partial charge in [0, 0.05) is 10.2 Å². The van der Waals surface area contributed by atoms with Crippen molar-refractivity contribution in [1.82, 2.24) is 0 Å². The summed E-state index contributed by atoms with van der Waals surface area (Å²) >= 11 is 0. The van der Waals surface area contributed by atoms with E-state index in [0.29, 0.717) is 0 Å². The fraction of sp³-hybridized carbons (Fsp3) is 0.333. The number of allylic oxidation sites excluding steroid dienone is 1. The molecule has 28 valence electrons. The van der Waals surface area contributed by atoms with Crippen molar-refractivity contribution < 1.29 is 4.79 Å². The zero-order chi connectivity index (χ0) is 4.28. The van der Waals surface area contributed by atoms with Crippen LogP contribution in [0, 0.1) is 0 Å². The van der Waals surface area contributed by atoms with Crippen molar-refractivity contribution >= 4 is 16.2 Å². The van der Waals surface area contributed by atoms with E-state index in [1.807, 2.05) is 0 Å². The predicted octanol–water partition coefficient (Wildman–Crippen LogP) is -0.913. The summed E-state index contributed by atoms with van der Waals surface area (Å²) in [7, 11) is 0.863. The average Bonchev–Trinajstić information content (AvgIpc) is 1.38. The normalized spacial score (nSPS) is 6.60. The van der Waals surface area contributed by atoms with Gasteiger partial charge < -0.3 is 0 Å². The number of hydrogen-bond donors (Lipinski definition) is 0. The van der Waals surface area contributed by atoms with Crippen molar-refractivity contribution in [2.75, 3.05) is 0 Å². The van der Waals surface area contributed by atoms with Gasteiger partial charge in [0.2, 0.25) is 0 Å². The number of hydrogen-bond acceptors (Lipinski definition) is 1. The molecule has 0 spiro atoms. The van der Waals surface area contributed by atoms with Crippen LogP contribution >= 0.6 is 0 Å². The Labute approximate surface area is 34.1 Å². The van der Waals surface area contributed by atoms with Crippen molar-refractivity contribution in [2.45, 2.75) is 6.92 Å². The maximum Gasteiger partial charge on any atom is 0.117 e. The molecular formula is C3H6OSi. The zero-order valence-electron chi connectivity index (χ0n) is 3.41.